The Morgan fingerprint density at radius 3 is 2.90 bits per heavy atom. The predicted molar refractivity (Wildman–Crippen MR) is 114 cm³/mol. The van der Waals surface area contributed by atoms with Crippen molar-refractivity contribution in [1.29, 1.82) is 0 Å². The summed E-state index contributed by atoms with van der Waals surface area (Å²) in [5.41, 5.74) is 10.8. The summed E-state index contributed by atoms with van der Waals surface area (Å²) in [6.45, 7) is 6.55. The standard InChI is InChI=1S/C22H27N5O2/c1-12(2)20-13(3)25-19-7-4-14(10-17(19)20)18-8-9-24-22(27-18)26-15-5-6-16(11-15)29-21(23)28/h4,7-10,12,15-16,25H,5-6,11H2,1-3H3,(H2,23,28)(H,24,26,27)/t15-,16-/m0/s1. The molecule has 0 radical (unpaired) electrons. The largest absolute Gasteiger partial charge is 0.446 e. The molecule has 0 bridgehead atoms. The van der Waals surface area contributed by atoms with E-state index in [1.165, 1.54) is 16.6 Å². The molecule has 4 rings (SSSR count). The number of rotatable bonds is 5. The van der Waals surface area contributed by atoms with Gasteiger partial charge >= 0.3 is 6.09 Å². The van der Waals surface area contributed by atoms with Crippen molar-refractivity contribution in [2.75, 3.05) is 5.32 Å². The van der Waals surface area contributed by atoms with Crippen LogP contribution in [0.5, 0.6) is 0 Å². The lowest BCUT2D eigenvalue weighted by molar-refractivity contribution is 0.110. The molecule has 1 aromatic carbocycles. The molecule has 0 saturated heterocycles. The number of nitrogens with zero attached hydrogens (tertiary/aromatic N) is 2. The van der Waals surface area contributed by atoms with Gasteiger partial charge in [-0.05, 0) is 49.4 Å². The fourth-order valence-corrected chi connectivity index (χ4v) is 4.36. The quantitative estimate of drug-likeness (QED) is 0.592. The predicted octanol–water partition coefficient (Wildman–Crippen LogP) is 4.49. The summed E-state index contributed by atoms with van der Waals surface area (Å²) in [6.07, 6.45) is 3.31. The van der Waals surface area contributed by atoms with Gasteiger partial charge in [0.05, 0.1) is 5.69 Å². The number of hydrogen-bond donors (Lipinski definition) is 3. The lowest BCUT2D eigenvalue weighted by Crippen LogP contribution is -2.23. The second-order valence-corrected chi connectivity index (χ2v) is 8.06. The lowest BCUT2D eigenvalue weighted by Gasteiger charge is -2.14. The minimum absolute atomic E-state index is 0.137. The Hall–Kier alpha value is -3.09. The van der Waals surface area contributed by atoms with Gasteiger partial charge in [0.15, 0.2) is 0 Å². The Bertz CT molecular complexity index is 1040. The molecule has 2 aromatic heterocycles. The molecule has 1 aliphatic rings. The molecule has 2 heterocycles. The molecule has 29 heavy (non-hydrogen) atoms. The van der Waals surface area contributed by atoms with E-state index in [0.717, 1.165) is 29.6 Å². The van der Waals surface area contributed by atoms with Crippen molar-refractivity contribution in [3.05, 3.63) is 41.7 Å². The highest BCUT2D eigenvalue weighted by atomic mass is 16.6. The number of carbonyl (C=O) groups excluding carboxylic acids is 1. The summed E-state index contributed by atoms with van der Waals surface area (Å²) in [7, 11) is 0. The number of aromatic nitrogens is 3. The average molecular weight is 393 g/mol. The summed E-state index contributed by atoms with van der Waals surface area (Å²) < 4.78 is 5.10. The third kappa shape index (κ3) is 4.04. The van der Waals surface area contributed by atoms with E-state index in [9.17, 15) is 4.79 Å². The van der Waals surface area contributed by atoms with Gasteiger partial charge in [-0.3, -0.25) is 0 Å². The van der Waals surface area contributed by atoms with Crippen molar-refractivity contribution < 1.29 is 9.53 Å². The monoisotopic (exact) mass is 393 g/mol. The SMILES string of the molecule is Cc1[nH]c2ccc(-c3ccnc(N[C@H]4CC[C@H](OC(N)=O)C4)n3)cc2c1C(C)C. The van der Waals surface area contributed by atoms with Gasteiger partial charge < -0.3 is 20.8 Å². The van der Waals surface area contributed by atoms with Crippen molar-refractivity contribution in [3.63, 3.8) is 0 Å². The molecule has 1 aliphatic carbocycles. The molecule has 7 heteroatoms. The molecule has 3 aromatic rings. The van der Waals surface area contributed by atoms with E-state index in [0.29, 0.717) is 18.3 Å². The van der Waals surface area contributed by atoms with Gasteiger partial charge in [-0.25, -0.2) is 14.8 Å². The minimum Gasteiger partial charge on any atom is -0.446 e. The maximum absolute atomic E-state index is 10.9. The van der Waals surface area contributed by atoms with Gasteiger partial charge in [-0.1, -0.05) is 19.9 Å². The van der Waals surface area contributed by atoms with Crippen molar-refractivity contribution in [2.45, 2.75) is 58.1 Å². The number of nitrogens with one attached hydrogen (secondary N) is 2. The number of anilines is 1. The number of primary amides is 1. The Labute approximate surface area is 170 Å². The number of hydrogen-bond acceptors (Lipinski definition) is 5. The zero-order valence-electron chi connectivity index (χ0n) is 17.0. The van der Waals surface area contributed by atoms with Crippen LogP contribution in [0.1, 0.15) is 50.3 Å². The lowest BCUT2D eigenvalue weighted by atomic mass is 9.98. The zero-order valence-corrected chi connectivity index (χ0v) is 17.0. The number of amides is 1. The minimum atomic E-state index is -0.718. The van der Waals surface area contributed by atoms with Crippen LogP contribution in [0.25, 0.3) is 22.2 Å². The maximum Gasteiger partial charge on any atom is 0.404 e. The molecule has 7 nitrogen and oxygen atoms in total. The molecule has 1 saturated carbocycles. The van der Waals surface area contributed by atoms with E-state index in [1.807, 2.05) is 6.07 Å². The van der Waals surface area contributed by atoms with E-state index in [2.05, 4.69) is 54.3 Å². The van der Waals surface area contributed by atoms with Gasteiger partial charge in [0.25, 0.3) is 0 Å². The normalized spacial score (nSPS) is 19.0. The molecule has 2 atom stereocenters. The Morgan fingerprint density at radius 2 is 2.14 bits per heavy atom. The number of aromatic amines is 1. The van der Waals surface area contributed by atoms with Crippen LogP contribution in [0, 0.1) is 6.92 Å². The van der Waals surface area contributed by atoms with E-state index in [1.54, 1.807) is 6.20 Å². The number of nitrogens with two attached hydrogens (primary N) is 1. The molecule has 1 fully saturated rings. The summed E-state index contributed by atoms with van der Waals surface area (Å²) >= 11 is 0. The number of ether oxygens (including phenoxy) is 1. The average Bonchev–Trinajstić information content (AvgIpc) is 3.23. The Kier molecular flexibility index (Phi) is 5.13. The van der Waals surface area contributed by atoms with Gasteiger partial charge in [-0.2, -0.15) is 0 Å². The highest BCUT2D eigenvalue weighted by molar-refractivity contribution is 5.89. The first kappa shape index (κ1) is 19.2. The zero-order chi connectivity index (χ0) is 20.5. The van der Waals surface area contributed by atoms with Crippen LogP contribution in [0.2, 0.25) is 0 Å². The van der Waals surface area contributed by atoms with Crippen LogP contribution in [0.15, 0.2) is 30.5 Å². The van der Waals surface area contributed by atoms with Crippen molar-refractivity contribution in [2.24, 2.45) is 5.73 Å². The number of H-pyrrole nitrogens is 1. The smallest absolute Gasteiger partial charge is 0.404 e. The van der Waals surface area contributed by atoms with Crippen LogP contribution < -0.4 is 11.1 Å². The third-order valence-electron chi connectivity index (χ3n) is 5.57. The van der Waals surface area contributed by atoms with Crippen molar-refractivity contribution in [1.82, 2.24) is 15.0 Å². The van der Waals surface area contributed by atoms with Crippen LogP contribution in [0.3, 0.4) is 0 Å². The molecule has 1 amide bonds. The van der Waals surface area contributed by atoms with Crippen LogP contribution >= 0.6 is 0 Å². The summed E-state index contributed by atoms with van der Waals surface area (Å²) in [4.78, 5) is 23.5. The molecule has 152 valence electrons. The summed E-state index contributed by atoms with van der Waals surface area (Å²) in [6, 6.07) is 8.49. The molecule has 0 spiro atoms. The highest BCUT2D eigenvalue weighted by Gasteiger charge is 2.27. The van der Waals surface area contributed by atoms with E-state index in [4.69, 9.17) is 15.5 Å². The highest BCUT2D eigenvalue weighted by Crippen LogP contribution is 2.32. The van der Waals surface area contributed by atoms with E-state index < -0.39 is 6.09 Å². The number of benzene rings is 1. The topological polar surface area (TPSA) is 106 Å². The van der Waals surface area contributed by atoms with Gasteiger partial charge in [0.1, 0.15) is 6.10 Å². The number of fused-ring (bicyclic) bond motifs is 1. The first-order valence-electron chi connectivity index (χ1n) is 10.1. The summed E-state index contributed by atoms with van der Waals surface area (Å²) in [5, 5.41) is 4.61. The van der Waals surface area contributed by atoms with Gasteiger partial charge in [-0.15, -0.1) is 0 Å². The van der Waals surface area contributed by atoms with E-state index in [-0.39, 0.29) is 12.1 Å². The second-order valence-electron chi connectivity index (χ2n) is 8.06. The number of aryl methyl sites for hydroxylation is 1. The first-order chi connectivity index (χ1) is 13.9. The summed E-state index contributed by atoms with van der Waals surface area (Å²) in [5.74, 6) is 1.03. The second kappa shape index (κ2) is 7.73. The van der Waals surface area contributed by atoms with Crippen molar-refractivity contribution >= 4 is 22.9 Å². The van der Waals surface area contributed by atoms with Crippen LogP contribution in [-0.2, 0) is 4.74 Å². The molecule has 4 N–H and O–H groups in total. The fourth-order valence-electron chi connectivity index (χ4n) is 4.36. The third-order valence-corrected chi connectivity index (χ3v) is 5.57. The maximum atomic E-state index is 10.9. The Balaban J connectivity index is 1.56. The molecular formula is C22H27N5O2. The fraction of sp³-hybridized carbons (Fsp3) is 0.409. The number of carbonyl (C=O) groups is 1. The van der Waals surface area contributed by atoms with Crippen LogP contribution in [-0.4, -0.2) is 33.2 Å². The molecule has 0 unspecified atom stereocenters. The molecule has 0 aliphatic heterocycles. The van der Waals surface area contributed by atoms with Gasteiger partial charge in [0, 0.05) is 40.8 Å². The first-order valence-corrected chi connectivity index (χ1v) is 10.1. The van der Waals surface area contributed by atoms with Gasteiger partial charge in [0.2, 0.25) is 5.95 Å². The molecular weight excluding hydrogens is 366 g/mol. The van der Waals surface area contributed by atoms with Crippen molar-refractivity contribution in [3.8, 4) is 11.3 Å². The Morgan fingerprint density at radius 1 is 1.31 bits per heavy atom. The van der Waals surface area contributed by atoms with Crippen LogP contribution in [0.4, 0.5) is 10.7 Å². The van der Waals surface area contributed by atoms with E-state index >= 15 is 0 Å².